The molecule has 35 heavy (non-hydrogen) atoms. The highest BCUT2D eigenvalue weighted by Gasteiger charge is 2.13. The summed E-state index contributed by atoms with van der Waals surface area (Å²) in [6.07, 6.45) is 1.79. The lowest BCUT2D eigenvalue weighted by molar-refractivity contribution is 0.957. The molecule has 166 valence electrons. The molecule has 0 radical (unpaired) electrons. The first-order chi connectivity index (χ1) is 17.2. The van der Waals surface area contributed by atoms with Gasteiger partial charge >= 0.3 is 0 Å². The first-order valence-corrected chi connectivity index (χ1v) is 11.6. The molecular weight excluding hydrogens is 430 g/mol. The van der Waals surface area contributed by atoms with E-state index in [0.717, 1.165) is 56.2 Å². The molecule has 3 aromatic carbocycles. The van der Waals surface area contributed by atoms with Crippen molar-refractivity contribution in [3.8, 4) is 28.3 Å². The molecular formula is C30H21N5. The fourth-order valence-corrected chi connectivity index (χ4v) is 4.90. The van der Waals surface area contributed by atoms with Crippen molar-refractivity contribution in [2.45, 2.75) is 6.92 Å². The Balaban J connectivity index is 1.37. The first kappa shape index (κ1) is 19.7. The second-order valence-corrected chi connectivity index (χ2v) is 8.72. The van der Waals surface area contributed by atoms with Gasteiger partial charge in [0.2, 0.25) is 0 Å². The van der Waals surface area contributed by atoms with Crippen LogP contribution in [0.1, 0.15) is 5.82 Å². The molecule has 0 saturated carbocycles. The van der Waals surface area contributed by atoms with E-state index in [1.807, 2.05) is 43.3 Å². The Morgan fingerprint density at radius 2 is 1.46 bits per heavy atom. The van der Waals surface area contributed by atoms with Crippen molar-refractivity contribution in [1.29, 1.82) is 0 Å². The SMILES string of the molecule is Cc1nc2ccc(-c3ccc4c(c3)[nH]c3ccccc34)cc2n1-c1cccc(-c2ccccn2)n1. The number of hydrogen-bond acceptors (Lipinski definition) is 3. The topological polar surface area (TPSA) is 59.4 Å². The minimum Gasteiger partial charge on any atom is -0.354 e. The third kappa shape index (κ3) is 3.21. The highest BCUT2D eigenvalue weighted by atomic mass is 15.1. The largest absolute Gasteiger partial charge is 0.354 e. The molecule has 0 atom stereocenters. The predicted octanol–water partition coefficient (Wildman–Crippen LogP) is 7.09. The van der Waals surface area contributed by atoms with E-state index in [1.54, 1.807) is 6.20 Å². The van der Waals surface area contributed by atoms with Crippen molar-refractivity contribution in [1.82, 2.24) is 24.5 Å². The predicted molar refractivity (Wildman–Crippen MR) is 142 cm³/mol. The molecule has 0 aliphatic heterocycles. The van der Waals surface area contributed by atoms with E-state index in [2.05, 4.69) is 75.2 Å². The minimum atomic E-state index is 0.830. The Labute approximate surface area is 201 Å². The van der Waals surface area contributed by atoms with Crippen molar-refractivity contribution >= 4 is 32.8 Å². The number of benzene rings is 3. The molecule has 0 saturated heterocycles. The lowest BCUT2D eigenvalue weighted by atomic mass is 10.0. The number of hydrogen-bond donors (Lipinski definition) is 1. The fourth-order valence-electron chi connectivity index (χ4n) is 4.90. The molecule has 0 spiro atoms. The van der Waals surface area contributed by atoms with Gasteiger partial charge in [-0.05, 0) is 66.6 Å². The summed E-state index contributed by atoms with van der Waals surface area (Å²) in [5.74, 6) is 1.73. The van der Waals surface area contributed by atoms with Gasteiger partial charge in [0.25, 0.3) is 0 Å². The minimum absolute atomic E-state index is 0.830. The van der Waals surface area contributed by atoms with Crippen LogP contribution in [0, 0.1) is 6.92 Å². The second kappa shape index (κ2) is 7.64. The zero-order chi connectivity index (χ0) is 23.4. The normalized spacial score (nSPS) is 11.6. The molecule has 0 aliphatic carbocycles. The number of pyridine rings is 2. The van der Waals surface area contributed by atoms with Crippen LogP contribution in [0.15, 0.2) is 103 Å². The number of nitrogens with one attached hydrogen (secondary N) is 1. The number of para-hydroxylation sites is 1. The Hall–Kier alpha value is -4.77. The van der Waals surface area contributed by atoms with Gasteiger partial charge < -0.3 is 4.98 Å². The van der Waals surface area contributed by atoms with E-state index in [-0.39, 0.29) is 0 Å². The second-order valence-electron chi connectivity index (χ2n) is 8.72. The molecule has 0 fully saturated rings. The summed E-state index contributed by atoms with van der Waals surface area (Å²) in [7, 11) is 0. The fraction of sp³-hybridized carbons (Fsp3) is 0.0333. The third-order valence-electron chi connectivity index (χ3n) is 6.55. The molecule has 0 bridgehead atoms. The zero-order valence-corrected chi connectivity index (χ0v) is 19.1. The molecule has 0 aliphatic rings. The van der Waals surface area contributed by atoms with Gasteiger partial charge in [0, 0.05) is 28.0 Å². The van der Waals surface area contributed by atoms with Crippen molar-refractivity contribution < 1.29 is 0 Å². The van der Waals surface area contributed by atoms with Crippen LogP contribution in [0.4, 0.5) is 0 Å². The molecule has 5 nitrogen and oxygen atoms in total. The van der Waals surface area contributed by atoms with Crippen LogP contribution in [-0.4, -0.2) is 24.5 Å². The molecule has 7 rings (SSSR count). The monoisotopic (exact) mass is 451 g/mol. The van der Waals surface area contributed by atoms with Gasteiger partial charge in [-0.25, -0.2) is 9.97 Å². The number of aromatic nitrogens is 5. The maximum atomic E-state index is 4.92. The van der Waals surface area contributed by atoms with Gasteiger partial charge in [-0.15, -0.1) is 0 Å². The zero-order valence-electron chi connectivity index (χ0n) is 19.1. The maximum absolute atomic E-state index is 4.92. The third-order valence-corrected chi connectivity index (χ3v) is 6.55. The van der Waals surface area contributed by atoms with Gasteiger partial charge in [0.05, 0.1) is 22.4 Å². The van der Waals surface area contributed by atoms with Crippen LogP contribution < -0.4 is 0 Å². The van der Waals surface area contributed by atoms with Gasteiger partial charge in [-0.1, -0.05) is 48.5 Å². The van der Waals surface area contributed by atoms with Gasteiger partial charge in [-0.3, -0.25) is 9.55 Å². The van der Waals surface area contributed by atoms with Crippen molar-refractivity contribution in [2.75, 3.05) is 0 Å². The molecule has 5 heteroatoms. The number of H-pyrrole nitrogens is 1. The molecule has 4 aromatic heterocycles. The molecule has 0 unspecified atom stereocenters. The van der Waals surface area contributed by atoms with Crippen LogP contribution >= 0.6 is 0 Å². The van der Waals surface area contributed by atoms with E-state index in [4.69, 9.17) is 9.97 Å². The smallest absolute Gasteiger partial charge is 0.139 e. The summed E-state index contributed by atoms with van der Waals surface area (Å²) in [5, 5.41) is 2.49. The summed E-state index contributed by atoms with van der Waals surface area (Å²) in [4.78, 5) is 17.7. The Bertz CT molecular complexity index is 1860. The number of rotatable bonds is 3. The van der Waals surface area contributed by atoms with Gasteiger partial charge in [0.15, 0.2) is 0 Å². The highest BCUT2D eigenvalue weighted by Crippen LogP contribution is 2.32. The molecule has 4 heterocycles. The van der Waals surface area contributed by atoms with E-state index in [1.165, 1.54) is 10.8 Å². The highest BCUT2D eigenvalue weighted by molar-refractivity contribution is 6.08. The van der Waals surface area contributed by atoms with Crippen LogP contribution in [0.3, 0.4) is 0 Å². The molecule has 7 aromatic rings. The summed E-state index contributed by atoms with van der Waals surface area (Å²) < 4.78 is 2.12. The maximum Gasteiger partial charge on any atom is 0.139 e. The summed E-state index contributed by atoms with van der Waals surface area (Å²) >= 11 is 0. The van der Waals surface area contributed by atoms with E-state index in [0.29, 0.717) is 0 Å². The number of imidazole rings is 1. The van der Waals surface area contributed by atoms with E-state index >= 15 is 0 Å². The van der Waals surface area contributed by atoms with Crippen LogP contribution in [-0.2, 0) is 0 Å². The number of aromatic amines is 1. The Morgan fingerprint density at radius 1 is 0.657 bits per heavy atom. The van der Waals surface area contributed by atoms with Crippen LogP contribution in [0.5, 0.6) is 0 Å². The Kier molecular flexibility index (Phi) is 4.29. The quantitative estimate of drug-likeness (QED) is 0.312. The molecule has 1 N–H and O–H groups in total. The van der Waals surface area contributed by atoms with Crippen molar-refractivity contribution in [3.05, 3.63) is 109 Å². The lowest BCUT2D eigenvalue weighted by Crippen LogP contribution is -2.01. The lowest BCUT2D eigenvalue weighted by Gasteiger charge is -2.09. The average molecular weight is 452 g/mol. The van der Waals surface area contributed by atoms with Crippen LogP contribution in [0.25, 0.3) is 61.2 Å². The van der Waals surface area contributed by atoms with E-state index < -0.39 is 0 Å². The van der Waals surface area contributed by atoms with Crippen LogP contribution in [0.2, 0.25) is 0 Å². The summed E-state index contributed by atoms with van der Waals surface area (Å²) in [6, 6.07) is 33.4. The van der Waals surface area contributed by atoms with Crippen molar-refractivity contribution in [2.24, 2.45) is 0 Å². The number of aryl methyl sites for hydroxylation is 1. The number of fused-ring (bicyclic) bond motifs is 4. The van der Waals surface area contributed by atoms with E-state index in [9.17, 15) is 0 Å². The van der Waals surface area contributed by atoms with Gasteiger partial charge in [-0.2, -0.15) is 0 Å². The summed E-state index contributed by atoms with van der Waals surface area (Å²) in [6.45, 7) is 2.02. The van der Waals surface area contributed by atoms with Gasteiger partial charge in [0.1, 0.15) is 11.6 Å². The summed E-state index contributed by atoms with van der Waals surface area (Å²) in [5.41, 5.74) is 8.26. The number of nitrogens with zero attached hydrogens (tertiary/aromatic N) is 4. The first-order valence-electron chi connectivity index (χ1n) is 11.6. The molecule has 0 amide bonds. The average Bonchev–Trinajstić information content (AvgIpc) is 3.45. The van der Waals surface area contributed by atoms with Crippen molar-refractivity contribution in [3.63, 3.8) is 0 Å². The standard InChI is InChI=1S/C30H21N5/c1-19-32-27-15-13-21(20-12-14-23-22-7-2-3-8-24(22)33-28(23)17-20)18-29(27)35(19)30-11-6-10-26(34-30)25-9-4-5-16-31-25/h2-18,33H,1H3. The Morgan fingerprint density at radius 3 is 2.37 bits per heavy atom.